The van der Waals surface area contributed by atoms with Crippen molar-refractivity contribution >= 4 is 28.2 Å². The van der Waals surface area contributed by atoms with E-state index in [4.69, 9.17) is 0 Å². The van der Waals surface area contributed by atoms with Crippen LogP contribution in [0.2, 0.25) is 0 Å². The van der Waals surface area contributed by atoms with Crippen molar-refractivity contribution in [3.05, 3.63) is 11.1 Å². The lowest BCUT2D eigenvalue weighted by molar-refractivity contribution is -0.134. The third kappa shape index (κ3) is 5.48. The molecule has 1 heterocycles. The highest BCUT2D eigenvalue weighted by atomic mass is 32.2. The fourth-order valence-corrected chi connectivity index (χ4v) is 1.96. The summed E-state index contributed by atoms with van der Waals surface area (Å²) in [5.74, 6) is -0.287. The number of rotatable bonds is 4. The first-order chi connectivity index (χ1) is 7.68. The number of thiazole rings is 1. The second-order valence-corrected chi connectivity index (χ2v) is 4.94. The van der Waals surface area contributed by atoms with Crippen molar-refractivity contribution in [1.82, 2.24) is 4.98 Å². The van der Waals surface area contributed by atoms with Gasteiger partial charge in [0.15, 0.2) is 5.13 Å². The van der Waals surface area contributed by atoms with Gasteiger partial charge in [0.2, 0.25) is 0 Å². The van der Waals surface area contributed by atoms with Gasteiger partial charge in [-0.25, -0.2) is 4.98 Å². The largest absolute Gasteiger partial charge is 0.441 e. The number of thioether (sulfide) groups is 1. The van der Waals surface area contributed by atoms with Crippen LogP contribution in [0.25, 0.3) is 0 Å². The van der Waals surface area contributed by atoms with Gasteiger partial charge >= 0.3 is 11.7 Å². The molecule has 0 bridgehead atoms. The maximum Gasteiger partial charge on any atom is 0.441 e. The molecule has 0 saturated heterocycles. The van der Waals surface area contributed by atoms with Crippen molar-refractivity contribution in [2.45, 2.75) is 11.7 Å². The van der Waals surface area contributed by atoms with E-state index in [1.807, 2.05) is 0 Å². The first-order valence-electron chi connectivity index (χ1n) is 4.16. The van der Waals surface area contributed by atoms with Crippen LogP contribution in [-0.2, 0) is 6.18 Å². The molecule has 1 N–H and O–H groups in total. The molecule has 0 atom stereocenters. The number of hydrogen-bond donors (Lipinski definition) is 1. The number of halogens is 6. The van der Waals surface area contributed by atoms with Gasteiger partial charge in [-0.1, -0.05) is 11.3 Å². The van der Waals surface area contributed by atoms with Gasteiger partial charge in [-0.2, -0.15) is 26.3 Å². The van der Waals surface area contributed by atoms with Crippen molar-refractivity contribution in [3.63, 3.8) is 0 Å². The molecule has 2 nitrogen and oxygen atoms in total. The van der Waals surface area contributed by atoms with Crippen molar-refractivity contribution in [2.75, 3.05) is 17.6 Å². The quantitative estimate of drug-likeness (QED) is 0.675. The van der Waals surface area contributed by atoms with E-state index < -0.39 is 16.6 Å². The van der Waals surface area contributed by atoms with Gasteiger partial charge in [-0.15, -0.1) is 0 Å². The van der Waals surface area contributed by atoms with Crippen LogP contribution in [0.1, 0.15) is 4.88 Å². The first kappa shape index (κ1) is 14.4. The number of nitrogens with one attached hydrogen (secondary N) is 1. The fourth-order valence-electron chi connectivity index (χ4n) is 0.812. The lowest BCUT2D eigenvalue weighted by Crippen LogP contribution is -2.09. The Morgan fingerprint density at radius 1 is 1.24 bits per heavy atom. The van der Waals surface area contributed by atoms with Crippen molar-refractivity contribution in [1.29, 1.82) is 0 Å². The van der Waals surface area contributed by atoms with Crippen LogP contribution in [0.15, 0.2) is 6.20 Å². The second kappa shape index (κ2) is 5.34. The Hall–Kier alpha value is -0.640. The highest BCUT2D eigenvalue weighted by molar-refractivity contribution is 8.00. The summed E-state index contributed by atoms with van der Waals surface area (Å²) in [6, 6.07) is 0. The third-order valence-corrected chi connectivity index (χ3v) is 3.16. The predicted octanol–water partition coefficient (Wildman–Crippen LogP) is 3.83. The summed E-state index contributed by atoms with van der Waals surface area (Å²) in [6.07, 6.45) is -3.83. The van der Waals surface area contributed by atoms with Crippen LogP contribution in [0.4, 0.5) is 31.5 Å². The molecule has 0 aliphatic heterocycles. The van der Waals surface area contributed by atoms with E-state index in [0.717, 1.165) is 0 Å². The second-order valence-electron chi connectivity index (χ2n) is 2.75. The summed E-state index contributed by atoms with van der Waals surface area (Å²) in [5, 5.41) is 2.35. The number of nitrogens with zero attached hydrogens (tertiary/aromatic N) is 1. The molecule has 0 unspecified atom stereocenters. The Morgan fingerprint density at radius 2 is 1.88 bits per heavy atom. The maximum absolute atomic E-state index is 12.1. The molecule has 10 heteroatoms. The molecule has 0 fully saturated rings. The molecule has 0 saturated carbocycles. The number of hydrogen-bond acceptors (Lipinski definition) is 4. The standard InChI is InChI=1S/C7H6F6N2S2/c8-6(9,10)4-3-15-5(17-4)14-1-2-16-7(11,12)13/h3H,1-2H2,(H,14,15). The number of aromatic nitrogens is 1. The normalized spacial score (nSPS) is 12.8. The van der Waals surface area contributed by atoms with E-state index in [0.29, 0.717) is 17.5 Å². The molecule has 0 aromatic carbocycles. The van der Waals surface area contributed by atoms with E-state index in [2.05, 4.69) is 10.3 Å². The molecule has 0 aliphatic rings. The number of alkyl halides is 6. The first-order valence-corrected chi connectivity index (χ1v) is 5.96. The van der Waals surface area contributed by atoms with Crippen molar-refractivity contribution in [2.24, 2.45) is 0 Å². The van der Waals surface area contributed by atoms with E-state index in [-0.39, 0.29) is 29.2 Å². The molecule has 1 aromatic rings. The van der Waals surface area contributed by atoms with E-state index >= 15 is 0 Å². The van der Waals surface area contributed by atoms with Crippen molar-refractivity contribution < 1.29 is 26.3 Å². The van der Waals surface area contributed by atoms with Gasteiger partial charge in [-0.3, -0.25) is 0 Å². The molecule has 0 amide bonds. The molecule has 0 radical (unpaired) electrons. The van der Waals surface area contributed by atoms with Gasteiger partial charge in [0.1, 0.15) is 4.88 Å². The average molecular weight is 296 g/mol. The molecule has 1 aromatic heterocycles. The van der Waals surface area contributed by atoms with E-state index in [1.54, 1.807) is 0 Å². The molecule has 0 aliphatic carbocycles. The summed E-state index contributed by atoms with van der Waals surface area (Å²) in [6.45, 7) is -0.102. The van der Waals surface area contributed by atoms with Crippen LogP contribution < -0.4 is 5.32 Å². The monoisotopic (exact) mass is 296 g/mol. The Kier molecular flexibility index (Phi) is 4.53. The summed E-state index contributed by atoms with van der Waals surface area (Å²) < 4.78 is 71.6. The zero-order valence-electron chi connectivity index (χ0n) is 8.02. The molecular weight excluding hydrogens is 290 g/mol. The van der Waals surface area contributed by atoms with Gasteiger partial charge in [0.25, 0.3) is 0 Å². The van der Waals surface area contributed by atoms with Crippen LogP contribution in [-0.4, -0.2) is 22.8 Å². The fraction of sp³-hybridized carbons (Fsp3) is 0.571. The maximum atomic E-state index is 12.1. The SMILES string of the molecule is FC(F)(F)SCCNc1ncc(C(F)(F)F)s1. The Bertz CT molecular complexity index is 358. The average Bonchev–Trinajstić information content (AvgIpc) is 2.58. The van der Waals surface area contributed by atoms with Gasteiger partial charge in [0, 0.05) is 12.3 Å². The lowest BCUT2D eigenvalue weighted by Gasteiger charge is -2.05. The minimum atomic E-state index is -4.47. The molecular formula is C7H6F6N2S2. The highest BCUT2D eigenvalue weighted by Gasteiger charge is 2.33. The summed E-state index contributed by atoms with van der Waals surface area (Å²) in [7, 11) is 0. The molecule has 0 spiro atoms. The smallest absolute Gasteiger partial charge is 0.361 e. The molecule has 1 rings (SSSR count). The zero-order chi connectivity index (χ0) is 13.1. The minimum absolute atomic E-state index is 0.0416. The van der Waals surface area contributed by atoms with Gasteiger partial charge in [0.05, 0.1) is 6.20 Å². The topological polar surface area (TPSA) is 24.9 Å². The number of anilines is 1. The third-order valence-electron chi connectivity index (χ3n) is 1.43. The predicted molar refractivity (Wildman–Crippen MR) is 54.1 cm³/mol. The molecule has 17 heavy (non-hydrogen) atoms. The Balaban J connectivity index is 2.36. The summed E-state index contributed by atoms with van der Waals surface area (Å²) in [5.41, 5.74) is -4.33. The van der Waals surface area contributed by atoms with E-state index in [9.17, 15) is 26.3 Å². The van der Waals surface area contributed by atoms with Gasteiger partial charge in [-0.05, 0) is 11.8 Å². The van der Waals surface area contributed by atoms with Crippen LogP contribution in [0.3, 0.4) is 0 Å². The van der Waals surface area contributed by atoms with Gasteiger partial charge < -0.3 is 5.32 Å². The van der Waals surface area contributed by atoms with Crippen LogP contribution in [0.5, 0.6) is 0 Å². The molecule has 98 valence electrons. The van der Waals surface area contributed by atoms with Crippen LogP contribution in [0, 0.1) is 0 Å². The summed E-state index contributed by atoms with van der Waals surface area (Å²) in [4.78, 5) is 2.53. The highest BCUT2D eigenvalue weighted by Crippen LogP contribution is 2.35. The van der Waals surface area contributed by atoms with Crippen LogP contribution >= 0.6 is 23.1 Å². The Labute approximate surface area is 100 Å². The lowest BCUT2D eigenvalue weighted by atomic mass is 10.5. The minimum Gasteiger partial charge on any atom is -0.361 e. The zero-order valence-corrected chi connectivity index (χ0v) is 9.66. The Morgan fingerprint density at radius 3 is 2.35 bits per heavy atom. The van der Waals surface area contributed by atoms with Crippen molar-refractivity contribution in [3.8, 4) is 0 Å². The van der Waals surface area contributed by atoms with E-state index in [1.165, 1.54) is 0 Å². The summed E-state index contributed by atoms with van der Waals surface area (Å²) >= 11 is 0.117.